The monoisotopic (exact) mass is 344 g/mol. The van der Waals surface area contributed by atoms with E-state index in [1.165, 1.54) is 17.8 Å². The van der Waals surface area contributed by atoms with E-state index in [9.17, 15) is 14.0 Å². The van der Waals surface area contributed by atoms with Crippen LogP contribution in [0.1, 0.15) is 12.5 Å². The van der Waals surface area contributed by atoms with E-state index in [2.05, 4.69) is 10.6 Å². The zero-order chi connectivity index (χ0) is 17.1. The molecule has 1 aliphatic heterocycles. The van der Waals surface area contributed by atoms with Crippen LogP contribution in [0.3, 0.4) is 0 Å². The lowest BCUT2D eigenvalue weighted by Crippen LogP contribution is -2.23. The Balaban J connectivity index is 1.67. The second-order valence-corrected chi connectivity index (χ2v) is 6.75. The molecular formula is C18H17FN2O2S. The highest BCUT2D eigenvalue weighted by Gasteiger charge is 2.18. The molecule has 24 heavy (non-hydrogen) atoms. The van der Waals surface area contributed by atoms with Crippen LogP contribution < -0.4 is 10.6 Å². The van der Waals surface area contributed by atoms with Gasteiger partial charge in [-0.05, 0) is 36.2 Å². The summed E-state index contributed by atoms with van der Waals surface area (Å²) >= 11 is 1.47. The number of rotatable bonds is 4. The summed E-state index contributed by atoms with van der Waals surface area (Å²) in [5.41, 5.74) is 1.84. The number of amides is 2. The standard InChI is InChI=1S/C18H17FN2O2S/c1-11(8-12-4-2-3-5-14(12)19)18(23)20-13-6-7-16-15(9-13)21-17(22)10-24-16/h2-7,9,11H,8,10H2,1H3,(H,20,23)(H,21,22). The van der Waals surface area contributed by atoms with Crippen LogP contribution in [0.2, 0.25) is 0 Å². The maximum Gasteiger partial charge on any atom is 0.234 e. The second-order valence-electron chi connectivity index (χ2n) is 5.73. The molecule has 2 aromatic rings. The van der Waals surface area contributed by atoms with Crippen LogP contribution in [0.4, 0.5) is 15.8 Å². The lowest BCUT2D eigenvalue weighted by Gasteiger charge is -2.18. The summed E-state index contributed by atoms with van der Waals surface area (Å²) in [5.74, 6) is -0.511. The van der Waals surface area contributed by atoms with Gasteiger partial charge in [0.2, 0.25) is 11.8 Å². The first-order valence-corrected chi connectivity index (χ1v) is 8.62. The Hall–Kier alpha value is -2.34. The molecule has 4 nitrogen and oxygen atoms in total. The normalized spacial score (nSPS) is 14.5. The number of halogens is 1. The molecule has 0 saturated heterocycles. The summed E-state index contributed by atoms with van der Waals surface area (Å²) in [5, 5.41) is 5.61. The van der Waals surface area contributed by atoms with E-state index in [1.54, 1.807) is 37.3 Å². The molecular weight excluding hydrogens is 327 g/mol. The summed E-state index contributed by atoms with van der Waals surface area (Å²) in [4.78, 5) is 24.8. The van der Waals surface area contributed by atoms with E-state index in [4.69, 9.17) is 0 Å². The Morgan fingerprint density at radius 1 is 1.33 bits per heavy atom. The van der Waals surface area contributed by atoms with Crippen molar-refractivity contribution in [3.8, 4) is 0 Å². The molecule has 1 unspecified atom stereocenters. The molecule has 0 aromatic heterocycles. The SMILES string of the molecule is CC(Cc1ccccc1F)C(=O)Nc1ccc2c(c1)NC(=O)CS2. The molecule has 2 N–H and O–H groups in total. The van der Waals surface area contributed by atoms with Crippen LogP contribution in [0.5, 0.6) is 0 Å². The van der Waals surface area contributed by atoms with Crippen LogP contribution in [0.15, 0.2) is 47.4 Å². The number of fused-ring (bicyclic) bond motifs is 1. The summed E-state index contributed by atoms with van der Waals surface area (Å²) in [7, 11) is 0. The minimum atomic E-state index is -0.373. The van der Waals surface area contributed by atoms with Crippen molar-refractivity contribution < 1.29 is 14.0 Å². The van der Waals surface area contributed by atoms with Gasteiger partial charge in [0.1, 0.15) is 5.82 Å². The molecule has 0 bridgehead atoms. The van der Waals surface area contributed by atoms with Gasteiger partial charge in [0.15, 0.2) is 0 Å². The highest BCUT2D eigenvalue weighted by molar-refractivity contribution is 8.00. The van der Waals surface area contributed by atoms with Crippen LogP contribution in [0, 0.1) is 11.7 Å². The number of nitrogens with one attached hydrogen (secondary N) is 2. The average molecular weight is 344 g/mol. The molecule has 0 radical (unpaired) electrons. The van der Waals surface area contributed by atoms with Gasteiger partial charge >= 0.3 is 0 Å². The zero-order valence-electron chi connectivity index (χ0n) is 13.1. The van der Waals surface area contributed by atoms with Crippen molar-refractivity contribution in [3.05, 3.63) is 53.8 Å². The van der Waals surface area contributed by atoms with Crippen molar-refractivity contribution in [3.63, 3.8) is 0 Å². The first-order valence-electron chi connectivity index (χ1n) is 7.64. The zero-order valence-corrected chi connectivity index (χ0v) is 14.0. The summed E-state index contributed by atoms with van der Waals surface area (Å²) in [6.07, 6.45) is 0.329. The van der Waals surface area contributed by atoms with Gasteiger partial charge in [0.05, 0.1) is 11.4 Å². The summed E-state index contributed by atoms with van der Waals surface area (Å²) < 4.78 is 13.7. The van der Waals surface area contributed by atoms with Crippen LogP contribution in [-0.4, -0.2) is 17.6 Å². The van der Waals surface area contributed by atoms with E-state index in [1.807, 2.05) is 6.07 Å². The van der Waals surface area contributed by atoms with Crippen molar-refractivity contribution in [2.45, 2.75) is 18.2 Å². The van der Waals surface area contributed by atoms with Crippen molar-refractivity contribution in [1.29, 1.82) is 0 Å². The summed E-state index contributed by atoms with van der Waals surface area (Å²) in [6.45, 7) is 1.76. The third-order valence-corrected chi connectivity index (χ3v) is 4.89. The highest BCUT2D eigenvalue weighted by atomic mass is 32.2. The highest BCUT2D eigenvalue weighted by Crippen LogP contribution is 2.33. The molecule has 0 aliphatic carbocycles. The van der Waals surface area contributed by atoms with Gasteiger partial charge in [0, 0.05) is 16.5 Å². The van der Waals surface area contributed by atoms with Gasteiger partial charge in [-0.25, -0.2) is 4.39 Å². The minimum Gasteiger partial charge on any atom is -0.326 e. The lowest BCUT2D eigenvalue weighted by molar-refractivity contribution is -0.119. The third kappa shape index (κ3) is 3.76. The fourth-order valence-corrected chi connectivity index (χ4v) is 3.30. The van der Waals surface area contributed by atoms with Gasteiger partial charge in [0.25, 0.3) is 0 Å². The molecule has 1 aliphatic rings. The van der Waals surface area contributed by atoms with Crippen molar-refractivity contribution in [2.75, 3.05) is 16.4 Å². The van der Waals surface area contributed by atoms with E-state index >= 15 is 0 Å². The molecule has 124 valence electrons. The fourth-order valence-electron chi connectivity index (χ4n) is 2.51. The topological polar surface area (TPSA) is 58.2 Å². The quantitative estimate of drug-likeness (QED) is 0.889. The molecule has 0 fully saturated rings. The second kappa shape index (κ2) is 7.05. The van der Waals surface area contributed by atoms with E-state index in [0.717, 1.165) is 4.90 Å². The van der Waals surface area contributed by atoms with Gasteiger partial charge in [-0.15, -0.1) is 11.8 Å². The number of carbonyl (C=O) groups is 2. The number of hydrogen-bond acceptors (Lipinski definition) is 3. The largest absolute Gasteiger partial charge is 0.326 e. The fraction of sp³-hybridized carbons (Fsp3) is 0.222. The number of anilines is 2. The number of benzene rings is 2. The number of thioether (sulfide) groups is 1. The molecule has 1 atom stereocenters. The van der Waals surface area contributed by atoms with Gasteiger partial charge in [-0.3, -0.25) is 9.59 Å². The Labute approximate surface area is 143 Å². The number of hydrogen-bond donors (Lipinski definition) is 2. The maximum atomic E-state index is 13.7. The predicted octanol–water partition coefficient (Wildman–Crippen LogP) is 3.69. The van der Waals surface area contributed by atoms with Gasteiger partial charge in [-0.1, -0.05) is 25.1 Å². The molecule has 1 heterocycles. The minimum absolute atomic E-state index is 0.0519. The smallest absolute Gasteiger partial charge is 0.234 e. The first kappa shape index (κ1) is 16.5. The third-order valence-electron chi connectivity index (χ3n) is 3.81. The molecule has 3 rings (SSSR count). The molecule has 2 aromatic carbocycles. The Morgan fingerprint density at radius 2 is 2.12 bits per heavy atom. The molecule has 0 spiro atoms. The Kier molecular flexibility index (Phi) is 4.85. The van der Waals surface area contributed by atoms with E-state index in [-0.39, 0.29) is 23.5 Å². The number of carbonyl (C=O) groups excluding carboxylic acids is 2. The van der Waals surface area contributed by atoms with Gasteiger partial charge in [-0.2, -0.15) is 0 Å². The Morgan fingerprint density at radius 3 is 2.92 bits per heavy atom. The van der Waals surface area contributed by atoms with Crippen LogP contribution in [-0.2, 0) is 16.0 Å². The Bertz CT molecular complexity index is 794. The molecule has 6 heteroatoms. The lowest BCUT2D eigenvalue weighted by atomic mass is 10.00. The summed E-state index contributed by atoms with van der Waals surface area (Å²) in [6, 6.07) is 11.9. The first-order chi connectivity index (χ1) is 11.5. The molecule has 2 amide bonds. The van der Waals surface area contributed by atoms with E-state index in [0.29, 0.717) is 29.1 Å². The average Bonchev–Trinajstić information content (AvgIpc) is 2.56. The predicted molar refractivity (Wildman–Crippen MR) is 93.7 cm³/mol. The molecule has 0 saturated carbocycles. The van der Waals surface area contributed by atoms with Gasteiger partial charge < -0.3 is 10.6 Å². The van der Waals surface area contributed by atoms with Crippen LogP contribution in [0.25, 0.3) is 0 Å². The van der Waals surface area contributed by atoms with Crippen molar-refractivity contribution in [1.82, 2.24) is 0 Å². The van der Waals surface area contributed by atoms with Crippen molar-refractivity contribution in [2.24, 2.45) is 5.92 Å². The van der Waals surface area contributed by atoms with E-state index < -0.39 is 0 Å². The van der Waals surface area contributed by atoms with Crippen LogP contribution >= 0.6 is 11.8 Å². The maximum absolute atomic E-state index is 13.7. The van der Waals surface area contributed by atoms with Crippen molar-refractivity contribution >= 4 is 35.0 Å².